The van der Waals surface area contributed by atoms with E-state index in [4.69, 9.17) is 21.7 Å². The number of thiocarbonyl (C=S) groups is 1. The molecule has 0 aliphatic rings. The maximum absolute atomic E-state index is 12.3. The number of carbonyl (C=O) groups excluding carboxylic acids is 2. The number of hydrazine groups is 1. The third kappa shape index (κ3) is 7.18. The number of carbonyl (C=O) groups is 2. The van der Waals surface area contributed by atoms with E-state index in [9.17, 15) is 9.59 Å². The maximum atomic E-state index is 12.3. The third-order valence-electron chi connectivity index (χ3n) is 4.81. The van der Waals surface area contributed by atoms with Gasteiger partial charge in [-0.2, -0.15) is 0 Å². The SMILES string of the molecule is CCCCOc1ccc(C(=O)NC(=S)NNC(=O)C(C)Oc2ccc3ccccc3c2)cc1. The number of rotatable bonds is 8. The van der Waals surface area contributed by atoms with Crippen molar-refractivity contribution in [2.45, 2.75) is 32.8 Å². The highest BCUT2D eigenvalue weighted by molar-refractivity contribution is 7.80. The molecule has 0 aliphatic heterocycles. The normalized spacial score (nSPS) is 11.3. The molecule has 0 spiro atoms. The third-order valence-corrected chi connectivity index (χ3v) is 5.02. The van der Waals surface area contributed by atoms with E-state index < -0.39 is 17.9 Å². The minimum absolute atomic E-state index is 0.0328. The molecule has 0 heterocycles. The zero-order chi connectivity index (χ0) is 23.6. The minimum Gasteiger partial charge on any atom is -0.494 e. The van der Waals surface area contributed by atoms with E-state index in [1.54, 1.807) is 31.2 Å². The number of nitrogens with one attached hydrogen (secondary N) is 3. The molecule has 0 aromatic heterocycles. The summed E-state index contributed by atoms with van der Waals surface area (Å²) in [6.45, 7) is 4.35. The molecule has 0 fully saturated rings. The van der Waals surface area contributed by atoms with Crippen LogP contribution in [0.25, 0.3) is 10.8 Å². The molecule has 2 amide bonds. The van der Waals surface area contributed by atoms with Gasteiger partial charge in [-0.15, -0.1) is 0 Å². The number of hydrogen-bond donors (Lipinski definition) is 3. The summed E-state index contributed by atoms with van der Waals surface area (Å²) in [4.78, 5) is 24.7. The zero-order valence-electron chi connectivity index (χ0n) is 18.6. The standard InChI is InChI=1S/C25H27N3O4S/c1-3-4-15-31-21-12-10-19(11-13-21)24(30)26-25(33)28-27-23(29)17(2)32-22-14-9-18-7-5-6-8-20(18)16-22/h5-14,16-17H,3-4,15H2,1-2H3,(H,27,29)(H2,26,28,30,33). The van der Waals surface area contributed by atoms with E-state index >= 15 is 0 Å². The molecule has 33 heavy (non-hydrogen) atoms. The van der Waals surface area contributed by atoms with Crippen molar-refractivity contribution in [2.24, 2.45) is 0 Å². The Morgan fingerprint density at radius 2 is 1.64 bits per heavy atom. The fourth-order valence-corrected chi connectivity index (χ4v) is 3.11. The van der Waals surface area contributed by atoms with Crippen molar-refractivity contribution in [2.75, 3.05) is 6.61 Å². The van der Waals surface area contributed by atoms with Gasteiger partial charge in [-0.05, 0) is 72.7 Å². The average Bonchev–Trinajstić information content (AvgIpc) is 2.83. The van der Waals surface area contributed by atoms with Gasteiger partial charge in [0.1, 0.15) is 11.5 Å². The summed E-state index contributed by atoms with van der Waals surface area (Å²) >= 11 is 5.09. The van der Waals surface area contributed by atoms with Crippen LogP contribution in [0.5, 0.6) is 11.5 Å². The molecule has 172 valence electrons. The number of ether oxygens (including phenoxy) is 2. The van der Waals surface area contributed by atoms with Gasteiger partial charge in [-0.1, -0.05) is 43.7 Å². The van der Waals surface area contributed by atoms with E-state index in [-0.39, 0.29) is 5.11 Å². The first-order valence-electron chi connectivity index (χ1n) is 10.8. The van der Waals surface area contributed by atoms with Crippen LogP contribution in [-0.4, -0.2) is 29.6 Å². The van der Waals surface area contributed by atoms with Crippen LogP contribution in [0.15, 0.2) is 66.7 Å². The van der Waals surface area contributed by atoms with Crippen LogP contribution in [0.1, 0.15) is 37.0 Å². The summed E-state index contributed by atoms with van der Waals surface area (Å²) in [5.41, 5.74) is 5.38. The van der Waals surface area contributed by atoms with Crippen LogP contribution in [-0.2, 0) is 4.79 Å². The summed E-state index contributed by atoms with van der Waals surface area (Å²) in [5, 5.41) is 4.59. The van der Waals surface area contributed by atoms with Crippen molar-refractivity contribution in [3.05, 3.63) is 72.3 Å². The average molecular weight is 466 g/mol. The smallest absolute Gasteiger partial charge is 0.279 e. The lowest BCUT2D eigenvalue weighted by Gasteiger charge is -2.16. The summed E-state index contributed by atoms with van der Waals surface area (Å²) in [5.74, 6) is 0.443. The summed E-state index contributed by atoms with van der Waals surface area (Å²) in [7, 11) is 0. The second-order valence-electron chi connectivity index (χ2n) is 7.39. The number of benzene rings is 3. The Morgan fingerprint density at radius 3 is 2.36 bits per heavy atom. The highest BCUT2D eigenvalue weighted by Crippen LogP contribution is 2.21. The summed E-state index contributed by atoms with van der Waals surface area (Å²) in [6.07, 6.45) is 1.24. The second kappa shape index (κ2) is 11.8. The Kier molecular flexibility index (Phi) is 8.60. The largest absolute Gasteiger partial charge is 0.494 e. The monoisotopic (exact) mass is 465 g/mol. The molecule has 0 saturated heterocycles. The van der Waals surface area contributed by atoms with Crippen LogP contribution in [0.2, 0.25) is 0 Å². The molecular weight excluding hydrogens is 438 g/mol. The Labute approximate surface area is 198 Å². The molecule has 7 nitrogen and oxygen atoms in total. The first kappa shape index (κ1) is 24.0. The van der Waals surface area contributed by atoms with Crippen molar-refractivity contribution >= 4 is 39.9 Å². The molecule has 3 rings (SSSR count). The highest BCUT2D eigenvalue weighted by Gasteiger charge is 2.16. The van der Waals surface area contributed by atoms with Gasteiger partial charge >= 0.3 is 0 Å². The Morgan fingerprint density at radius 1 is 0.939 bits per heavy atom. The molecule has 3 aromatic rings. The maximum Gasteiger partial charge on any atom is 0.279 e. The van der Waals surface area contributed by atoms with E-state index in [1.165, 1.54) is 0 Å². The predicted molar refractivity (Wildman–Crippen MR) is 132 cm³/mol. The molecular formula is C25H27N3O4S. The van der Waals surface area contributed by atoms with Gasteiger partial charge < -0.3 is 9.47 Å². The van der Waals surface area contributed by atoms with Gasteiger partial charge in [0.25, 0.3) is 11.8 Å². The Balaban J connectivity index is 1.44. The van der Waals surface area contributed by atoms with E-state index in [0.717, 1.165) is 23.6 Å². The van der Waals surface area contributed by atoms with Crippen LogP contribution >= 0.6 is 12.2 Å². The van der Waals surface area contributed by atoms with E-state index in [1.807, 2.05) is 42.5 Å². The molecule has 0 radical (unpaired) electrons. The van der Waals surface area contributed by atoms with Crippen molar-refractivity contribution in [3.8, 4) is 11.5 Å². The lowest BCUT2D eigenvalue weighted by Crippen LogP contribution is -2.51. The van der Waals surface area contributed by atoms with Gasteiger partial charge in [-0.25, -0.2) is 0 Å². The van der Waals surface area contributed by atoms with E-state index in [0.29, 0.717) is 23.7 Å². The predicted octanol–water partition coefficient (Wildman–Crippen LogP) is 4.12. The highest BCUT2D eigenvalue weighted by atomic mass is 32.1. The lowest BCUT2D eigenvalue weighted by molar-refractivity contribution is -0.127. The fourth-order valence-electron chi connectivity index (χ4n) is 2.96. The van der Waals surface area contributed by atoms with Crippen LogP contribution in [0, 0.1) is 0 Å². The molecule has 1 atom stereocenters. The van der Waals surface area contributed by atoms with Crippen LogP contribution in [0.4, 0.5) is 0 Å². The molecule has 0 saturated carbocycles. The number of hydrogen-bond acceptors (Lipinski definition) is 5. The zero-order valence-corrected chi connectivity index (χ0v) is 19.4. The summed E-state index contributed by atoms with van der Waals surface area (Å²) in [6, 6.07) is 20.3. The molecule has 0 bridgehead atoms. The van der Waals surface area contributed by atoms with Gasteiger partial charge in [0.2, 0.25) is 0 Å². The first-order chi connectivity index (χ1) is 16.0. The molecule has 8 heteroatoms. The van der Waals surface area contributed by atoms with Crippen molar-refractivity contribution in [3.63, 3.8) is 0 Å². The molecule has 3 N–H and O–H groups in total. The number of amides is 2. The molecule has 3 aromatic carbocycles. The Hall–Kier alpha value is -3.65. The van der Waals surface area contributed by atoms with Crippen molar-refractivity contribution in [1.29, 1.82) is 0 Å². The second-order valence-corrected chi connectivity index (χ2v) is 7.80. The Bertz CT molecular complexity index is 1120. The first-order valence-corrected chi connectivity index (χ1v) is 11.2. The van der Waals surface area contributed by atoms with Gasteiger partial charge in [0.15, 0.2) is 11.2 Å². The van der Waals surface area contributed by atoms with Gasteiger partial charge in [0.05, 0.1) is 6.61 Å². The fraction of sp³-hybridized carbons (Fsp3) is 0.240. The molecule has 1 unspecified atom stereocenters. The summed E-state index contributed by atoms with van der Waals surface area (Å²) < 4.78 is 11.3. The minimum atomic E-state index is -0.780. The quantitative estimate of drug-likeness (QED) is 0.263. The molecule has 0 aliphatic carbocycles. The van der Waals surface area contributed by atoms with Crippen molar-refractivity contribution in [1.82, 2.24) is 16.2 Å². The van der Waals surface area contributed by atoms with Gasteiger partial charge in [0, 0.05) is 5.56 Å². The lowest BCUT2D eigenvalue weighted by atomic mass is 10.1. The number of unbranched alkanes of at least 4 members (excludes halogenated alkanes) is 1. The van der Waals surface area contributed by atoms with Crippen molar-refractivity contribution < 1.29 is 19.1 Å². The van der Waals surface area contributed by atoms with Crippen LogP contribution in [0.3, 0.4) is 0 Å². The van der Waals surface area contributed by atoms with Gasteiger partial charge in [-0.3, -0.25) is 25.8 Å². The topological polar surface area (TPSA) is 88.7 Å². The van der Waals surface area contributed by atoms with Crippen LogP contribution < -0.4 is 25.6 Å². The number of fused-ring (bicyclic) bond motifs is 1. The van der Waals surface area contributed by atoms with E-state index in [2.05, 4.69) is 23.1 Å².